The van der Waals surface area contributed by atoms with E-state index in [0.29, 0.717) is 5.56 Å². The van der Waals surface area contributed by atoms with E-state index in [1.54, 1.807) is 6.92 Å². The number of hydrogen-bond acceptors (Lipinski definition) is 4. The average Bonchev–Trinajstić information content (AvgIpc) is 3.51. The third-order valence-corrected chi connectivity index (χ3v) is 6.47. The van der Waals surface area contributed by atoms with Gasteiger partial charge in [-0.3, -0.25) is 4.79 Å². The van der Waals surface area contributed by atoms with Gasteiger partial charge in [0.15, 0.2) is 11.6 Å². The number of amides is 1. The van der Waals surface area contributed by atoms with E-state index in [1.165, 1.54) is 43.3 Å². The quantitative estimate of drug-likeness (QED) is 0.740. The van der Waals surface area contributed by atoms with Crippen LogP contribution in [0.2, 0.25) is 0 Å². The van der Waals surface area contributed by atoms with Crippen LogP contribution in [-0.4, -0.2) is 39.4 Å². The second-order valence-corrected chi connectivity index (χ2v) is 8.71. The molecule has 0 heterocycles. The Morgan fingerprint density at radius 1 is 1.17 bits per heavy atom. The van der Waals surface area contributed by atoms with Crippen molar-refractivity contribution in [1.82, 2.24) is 9.62 Å². The first kappa shape index (κ1) is 21.2. The predicted octanol–water partition coefficient (Wildman–Crippen LogP) is 3.25. The molecule has 1 unspecified atom stereocenters. The number of methoxy groups -OCH3 is 1. The Hall–Kier alpha value is -2.52. The van der Waals surface area contributed by atoms with Crippen molar-refractivity contribution in [1.29, 1.82) is 0 Å². The summed E-state index contributed by atoms with van der Waals surface area (Å²) in [5, 5.41) is 0. The van der Waals surface area contributed by atoms with E-state index in [9.17, 15) is 22.0 Å². The summed E-state index contributed by atoms with van der Waals surface area (Å²) in [7, 11) is -0.981. The lowest BCUT2D eigenvalue weighted by atomic mass is 10.1. The SMILES string of the molecule is COc1ccc(C(=O)N(C)C(C)c2ccc(F)c(F)c2)cc1S(=O)(=O)NC1CC1. The molecular weight excluding hydrogens is 402 g/mol. The highest BCUT2D eigenvalue weighted by Gasteiger charge is 2.31. The van der Waals surface area contributed by atoms with Crippen LogP contribution in [0.1, 0.15) is 41.7 Å². The number of benzene rings is 2. The molecule has 2 aromatic carbocycles. The van der Waals surface area contributed by atoms with Crippen molar-refractivity contribution in [2.24, 2.45) is 0 Å². The fraction of sp³-hybridized carbons (Fsp3) is 0.350. The Bertz CT molecular complexity index is 1040. The summed E-state index contributed by atoms with van der Waals surface area (Å²) in [5.74, 6) is -2.30. The van der Waals surface area contributed by atoms with Gasteiger partial charge in [-0.05, 0) is 55.7 Å². The molecule has 0 bridgehead atoms. The summed E-state index contributed by atoms with van der Waals surface area (Å²) in [6, 6.07) is 6.92. The Balaban J connectivity index is 1.89. The Morgan fingerprint density at radius 3 is 2.45 bits per heavy atom. The number of halogens is 2. The maximum absolute atomic E-state index is 13.5. The Morgan fingerprint density at radius 2 is 1.86 bits per heavy atom. The van der Waals surface area contributed by atoms with Gasteiger partial charge in [0.05, 0.1) is 13.2 Å². The summed E-state index contributed by atoms with van der Waals surface area (Å²) in [6.07, 6.45) is 1.54. The van der Waals surface area contributed by atoms with Gasteiger partial charge in [-0.2, -0.15) is 0 Å². The lowest BCUT2D eigenvalue weighted by Gasteiger charge is -2.26. The van der Waals surface area contributed by atoms with Crippen LogP contribution < -0.4 is 9.46 Å². The molecule has 1 aliphatic rings. The van der Waals surface area contributed by atoms with E-state index in [4.69, 9.17) is 4.74 Å². The molecule has 0 aromatic heterocycles. The van der Waals surface area contributed by atoms with E-state index in [1.807, 2.05) is 0 Å². The molecule has 9 heteroatoms. The molecular formula is C20H22F2N2O4S. The van der Waals surface area contributed by atoms with Gasteiger partial charge in [-0.25, -0.2) is 21.9 Å². The summed E-state index contributed by atoms with van der Waals surface area (Å²) in [6.45, 7) is 1.67. The first-order valence-electron chi connectivity index (χ1n) is 9.06. The van der Waals surface area contributed by atoms with E-state index in [2.05, 4.69) is 4.72 Å². The molecule has 1 N–H and O–H groups in total. The average molecular weight is 424 g/mol. The summed E-state index contributed by atoms with van der Waals surface area (Å²) >= 11 is 0. The maximum atomic E-state index is 13.5. The Kier molecular flexibility index (Phi) is 5.90. The first-order valence-corrected chi connectivity index (χ1v) is 10.5. The fourth-order valence-electron chi connectivity index (χ4n) is 2.88. The largest absolute Gasteiger partial charge is 0.495 e. The molecule has 1 fully saturated rings. The molecule has 0 spiro atoms. The molecule has 0 aliphatic heterocycles. The van der Waals surface area contributed by atoms with Gasteiger partial charge in [0.1, 0.15) is 10.6 Å². The van der Waals surface area contributed by atoms with Crippen LogP contribution in [0.15, 0.2) is 41.3 Å². The van der Waals surface area contributed by atoms with Crippen molar-refractivity contribution >= 4 is 15.9 Å². The molecule has 156 valence electrons. The molecule has 1 saturated carbocycles. The normalized spacial score (nSPS) is 15.1. The van der Waals surface area contributed by atoms with Crippen LogP contribution in [-0.2, 0) is 10.0 Å². The van der Waals surface area contributed by atoms with Gasteiger partial charge in [-0.15, -0.1) is 0 Å². The Labute approximate surface area is 168 Å². The molecule has 3 rings (SSSR count). The lowest BCUT2D eigenvalue weighted by Crippen LogP contribution is -2.30. The van der Waals surface area contributed by atoms with Crippen molar-refractivity contribution in [2.75, 3.05) is 14.2 Å². The third kappa shape index (κ3) is 4.56. The molecule has 1 atom stereocenters. The molecule has 0 saturated heterocycles. The summed E-state index contributed by atoms with van der Waals surface area (Å²) in [5.41, 5.74) is 0.551. The van der Waals surface area contributed by atoms with E-state index in [-0.39, 0.29) is 22.3 Å². The van der Waals surface area contributed by atoms with Crippen LogP contribution in [0, 0.1) is 11.6 Å². The molecule has 29 heavy (non-hydrogen) atoms. The minimum atomic E-state index is -3.84. The number of sulfonamides is 1. The zero-order chi connectivity index (χ0) is 21.3. The van der Waals surface area contributed by atoms with Crippen molar-refractivity contribution in [3.8, 4) is 5.75 Å². The van der Waals surface area contributed by atoms with Crippen molar-refractivity contribution in [3.05, 3.63) is 59.2 Å². The third-order valence-electron chi connectivity index (χ3n) is 4.93. The summed E-state index contributed by atoms with van der Waals surface area (Å²) in [4.78, 5) is 14.1. The number of carbonyl (C=O) groups is 1. The topological polar surface area (TPSA) is 75.7 Å². The zero-order valence-electron chi connectivity index (χ0n) is 16.3. The minimum Gasteiger partial charge on any atom is -0.495 e. The van der Waals surface area contributed by atoms with Gasteiger partial charge in [0.25, 0.3) is 5.91 Å². The van der Waals surface area contributed by atoms with Gasteiger partial charge < -0.3 is 9.64 Å². The van der Waals surface area contributed by atoms with Gasteiger partial charge >= 0.3 is 0 Å². The maximum Gasteiger partial charge on any atom is 0.254 e. The molecule has 0 radical (unpaired) electrons. The van der Waals surface area contributed by atoms with Crippen LogP contribution in [0.4, 0.5) is 8.78 Å². The molecule has 1 aliphatic carbocycles. The number of rotatable bonds is 7. The second-order valence-electron chi connectivity index (χ2n) is 7.03. The van der Waals surface area contributed by atoms with Gasteiger partial charge in [0.2, 0.25) is 10.0 Å². The number of hydrogen-bond donors (Lipinski definition) is 1. The van der Waals surface area contributed by atoms with Crippen LogP contribution >= 0.6 is 0 Å². The van der Waals surface area contributed by atoms with Crippen LogP contribution in [0.5, 0.6) is 5.75 Å². The molecule has 2 aromatic rings. The second kappa shape index (κ2) is 8.08. The number of ether oxygens (including phenoxy) is 1. The number of carbonyl (C=O) groups excluding carboxylic acids is 1. The standard InChI is InChI=1S/C20H22F2N2O4S/c1-12(13-4-8-16(21)17(22)10-13)24(2)20(25)14-5-9-18(28-3)19(11-14)29(26,27)23-15-6-7-15/h4-5,8-12,15,23H,6-7H2,1-3H3. The molecule has 6 nitrogen and oxygen atoms in total. The fourth-order valence-corrected chi connectivity index (χ4v) is 4.38. The van der Waals surface area contributed by atoms with Crippen molar-refractivity contribution < 1.29 is 26.7 Å². The lowest BCUT2D eigenvalue weighted by molar-refractivity contribution is 0.0742. The van der Waals surface area contributed by atoms with Crippen LogP contribution in [0.3, 0.4) is 0 Å². The highest BCUT2D eigenvalue weighted by molar-refractivity contribution is 7.89. The minimum absolute atomic E-state index is 0.0971. The van der Waals surface area contributed by atoms with Gasteiger partial charge in [-0.1, -0.05) is 6.07 Å². The number of nitrogens with one attached hydrogen (secondary N) is 1. The highest BCUT2D eigenvalue weighted by atomic mass is 32.2. The van der Waals surface area contributed by atoms with E-state index >= 15 is 0 Å². The highest BCUT2D eigenvalue weighted by Crippen LogP contribution is 2.30. The zero-order valence-corrected chi connectivity index (χ0v) is 17.1. The van der Waals surface area contributed by atoms with Crippen molar-refractivity contribution in [2.45, 2.75) is 36.7 Å². The number of nitrogens with zero attached hydrogens (tertiary/aromatic N) is 1. The molecule has 1 amide bonds. The first-order chi connectivity index (χ1) is 13.6. The van der Waals surface area contributed by atoms with Crippen LogP contribution in [0.25, 0.3) is 0 Å². The summed E-state index contributed by atoms with van der Waals surface area (Å²) < 4.78 is 59.7. The monoisotopic (exact) mass is 424 g/mol. The van der Waals surface area contributed by atoms with E-state index in [0.717, 1.165) is 25.0 Å². The smallest absolute Gasteiger partial charge is 0.254 e. The van der Waals surface area contributed by atoms with Gasteiger partial charge in [0, 0.05) is 18.7 Å². The van der Waals surface area contributed by atoms with Crippen molar-refractivity contribution in [3.63, 3.8) is 0 Å². The predicted molar refractivity (Wildman–Crippen MR) is 103 cm³/mol. The van der Waals surface area contributed by atoms with E-state index < -0.39 is 33.6 Å².